The van der Waals surface area contributed by atoms with Crippen LogP contribution in [0.5, 0.6) is 0 Å². The first-order chi connectivity index (χ1) is 8.74. The van der Waals surface area contributed by atoms with Crippen LogP contribution < -0.4 is 5.73 Å². The Kier molecular flexibility index (Phi) is 3.08. The van der Waals surface area contributed by atoms with Gasteiger partial charge in [0.25, 0.3) is 0 Å². The Morgan fingerprint density at radius 3 is 2.17 bits per heavy atom. The molecule has 0 bridgehead atoms. The van der Waals surface area contributed by atoms with Gasteiger partial charge in [-0.05, 0) is 36.8 Å². The maximum absolute atomic E-state index is 12.5. The van der Waals surface area contributed by atoms with Crippen LogP contribution in [0.15, 0.2) is 24.3 Å². The maximum atomic E-state index is 12.5. The van der Waals surface area contributed by atoms with Gasteiger partial charge in [-0.3, -0.25) is 4.79 Å². The van der Waals surface area contributed by atoms with Crippen LogP contribution in [0, 0.1) is 5.92 Å². The molecule has 3 nitrogen and oxygen atoms in total. The number of hydrogen-bond acceptors (Lipinski definition) is 2. The first-order valence-electron chi connectivity index (χ1n) is 6.85. The summed E-state index contributed by atoms with van der Waals surface area (Å²) in [5.74, 6) is 0.539. The lowest BCUT2D eigenvalue weighted by atomic mass is 9.85. The summed E-state index contributed by atoms with van der Waals surface area (Å²) in [7, 11) is 0. The molecule has 0 spiro atoms. The molecule has 0 radical (unpaired) electrons. The molecule has 2 aliphatic rings. The minimum absolute atomic E-state index is 0.208. The minimum Gasteiger partial charge on any atom is -0.334 e. The van der Waals surface area contributed by atoms with Crippen molar-refractivity contribution in [3.63, 3.8) is 0 Å². The molecule has 3 heteroatoms. The van der Waals surface area contributed by atoms with Crippen LogP contribution in [0.25, 0.3) is 0 Å². The number of nitrogens with two attached hydrogens (primary N) is 1. The maximum Gasteiger partial charge on any atom is 0.226 e. The number of carbonyl (C=O) groups excluding carboxylic acids is 1. The monoisotopic (exact) mass is 244 g/mol. The second kappa shape index (κ2) is 4.73. The molecule has 18 heavy (non-hydrogen) atoms. The molecule has 3 rings (SSSR count). The Bertz CT molecular complexity index is 425. The van der Waals surface area contributed by atoms with Crippen molar-refractivity contribution in [2.24, 2.45) is 11.7 Å². The van der Waals surface area contributed by atoms with Crippen molar-refractivity contribution >= 4 is 5.91 Å². The van der Waals surface area contributed by atoms with Crippen LogP contribution in [0.2, 0.25) is 0 Å². The lowest BCUT2D eigenvalue weighted by molar-refractivity contribution is -0.137. The molecule has 1 aromatic rings. The summed E-state index contributed by atoms with van der Waals surface area (Å²) in [6, 6.07) is 8.65. The largest absolute Gasteiger partial charge is 0.334 e. The summed E-state index contributed by atoms with van der Waals surface area (Å²) in [4.78, 5) is 14.5. The highest BCUT2D eigenvalue weighted by Gasteiger charge is 2.31. The molecular weight excluding hydrogens is 224 g/mol. The molecule has 0 aromatic heterocycles. The SMILES string of the molecule is NC1CCC(C(=O)N2Cc3ccccc3C2)CC1. The number of fused-ring (bicyclic) bond motifs is 1. The lowest BCUT2D eigenvalue weighted by Crippen LogP contribution is -2.36. The van der Waals surface area contributed by atoms with Crippen LogP contribution in [-0.4, -0.2) is 16.8 Å². The van der Waals surface area contributed by atoms with Crippen LogP contribution in [-0.2, 0) is 17.9 Å². The van der Waals surface area contributed by atoms with Crippen LogP contribution in [0.3, 0.4) is 0 Å². The van der Waals surface area contributed by atoms with Crippen molar-refractivity contribution in [1.29, 1.82) is 0 Å². The Labute approximate surface area is 108 Å². The van der Waals surface area contributed by atoms with E-state index in [2.05, 4.69) is 12.1 Å². The van der Waals surface area contributed by atoms with Gasteiger partial charge in [0, 0.05) is 25.0 Å². The van der Waals surface area contributed by atoms with E-state index in [4.69, 9.17) is 5.73 Å². The summed E-state index contributed by atoms with van der Waals surface area (Å²) in [5.41, 5.74) is 8.50. The van der Waals surface area contributed by atoms with Crippen molar-refractivity contribution < 1.29 is 4.79 Å². The third-order valence-corrected chi connectivity index (χ3v) is 4.27. The summed E-state index contributed by atoms with van der Waals surface area (Å²) in [5, 5.41) is 0. The van der Waals surface area contributed by atoms with E-state index in [1.165, 1.54) is 11.1 Å². The highest BCUT2D eigenvalue weighted by atomic mass is 16.2. The van der Waals surface area contributed by atoms with Gasteiger partial charge in [0.1, 0.15) is 0 Å². The average molecular weight is 244 g/mol. The van der Waals surface area contributed by atoms with E-state index < -0.39 is 0 Å². The smallest absolute Gasteiger partial charge is 0.226 e. The van der Waals surface area contributed by atoms with Crippen molar-refractivity contribution in [3.05, 3.63) is 35.4 Å². The topological polar surface area (TPSA) is 46.3 Å². The fourth-order valence-corrected chi connectivity index (χ4v) is 3.11. The van der Waals surface area contributed by atoms with E-state index in [9.17, 15) is 4.79 Å². The lowest BCUT2D eigenvalue weighted by Gasteiger charge is -2.28. The Balaban J connectivity index is 1.65. The molecular formula is C15H20N2O. The van der Waals surface area contributed by atoms with E-state index in [1.54, 1.807) is 0 Å². The number of carbonyl (C=O) groups is 1. The van der Waals surface area contributed by atoms with Gasteiger partial charge in [0.05, 0.1) is 0 Å². The van der Waals surface area contributed by atoms with E-state index in [0.29, 0.717) is 11.9 Å². The van der Waals surface area contributed by atoms with Gasteiger partial charge < -0.3 is 10.6 Å². The average Bonchev–Trinajstić information content (AvgIpc) is 2.82. The molecule has 1 aliphatic carbocycles. The zero-order valence-electron chi connectivity index (χ0n) is 10.6. The Morgan fingerprint density at radius 1 is 1.06 bits per heavy atom. The minimum atomic E-state index is 0.208. The van der Waals surface area contributed by atoms with Gasteiger partial charge in [-0.25, -0.2) is 0 Å². The van der Waals surface area contributed by atoms with E-state index in [1.807, 2.05) is 17.0 Å². The zero-order valence-corrected chi connectivity index (χ0v) is 10.6. The zero-order chi connectivity index (χ0) is 12.5. The van der Waals surface area contributed by atoms with E-state index >= 15 is 0 Å². The van der Waals surface area contributed by atoms with Crippen LogP contribution in [0.1, 0.15) is 36.8 Å². The number of amides is 1. The molecule has 0 atom stereocenters. The normalized spacial score (nSPS) is 27.1. The van der Waals surface area contributed by atoms with Crippen molar-refractivity contribution in [2.75, 3.05) is 0 Å². The highest BCUT2D eigenvalue weighted by molar-refractivity contribution is 5.79. The van der Waals surface area contributed by atoms with E-state index in [-0.39, 0.29) is 5.92 Å². The Hall–Kier alpha value is -1.35. The van der Waals surface area contributed by atoms with Gasteiger partial charge in [-0.15, -0.1) is 0 Å². The van der Waals surface area contributed by atoms with Crippen LogP contribution >= 0.6 is 0 Å². The third-order valence-electron chi connectivity index (χ3n) is 4.27. The molecule has 1 fully saturated rings. The number of rotatable bonds is 1. The van der Waals surface area contributed by atoms with E-state index in [0.717, 1.165) is 38.8 Å². The Morgan fingerprint density at radius 2 is 1.61 bits per heavy atom. The molecule has 2 N–H and O–H groups in total. The second-order valence-corrected chi connectivity index (χ2v) is 5.57. The van der Waals surface area contributed by atoms with Crippen molar-refractivity contribution in [3.8, 4) is 0 Å². The molecule has 1 saturated carbocycles. The van der Waals surface area contributed by atoms with Gasteiger partial charge in [-0.1, -0.05) is 24.3 Å². The standard InChI is InChI=1S/C15H20N2O/c16-14-7-5-11(6-8-14)15(18)17-9-12-3-1-2-4-13(12)10-17/h1-4,11,14H,5-10,16H2. The number of nitrogens with zero attached hydrogens (tertiary/aromatic N) is 1. The van der Waals surface area contributed by atoms with Crippen molar-refractivity contribution in [1.82, 2.24) is 4.90 Å². The quantitative estimate of drug-likeness (QED) is 0.821. The molecule has 1 aliphatic heterocycles. The molecule has 96 valence electrons. The summed E-state index contributed by atoms with van der Waals surface area (Å²) >= 11 is 0. The van der Waals surface area contributed by atoms with Crippen LogP contribution in [0.4, 0.5) is 0 Å². The van der Waals surface area contributed by atoms with Gasteiger partial charge in [0.2, 0.25) is 5.91 Å². The molecule has 1 heterocycles. The summed E-state index contributed by atoms with van der Waals surface area (Å²) in [6.07, 6.45) is 3.92. The number of hydrogen-bond donors (Lipinski definition) is 1. The number of benzene rings is 1. The summed E-state index contributed by atoms with van der Waals surface area (Å²) < 4.78 is 0. The van der Waals surface area contributed by atoms with Gasteiger partial charge in [0.15, 0.2) is 0 Å². The molecule has 1 aromatic carbocycles. The molecule has 1 amide bonds. The fraction of sp³-hybridized carbons (Fsp3) is 0.533. The molecule has 0 saturated heterocycles. The predicted octanol–water partition coefficient (Wildman–Crippen LogP) is 2.05. The first kappa shape index (κ1) is 11.7. The third kappa shape index (κ3) is 2.15. The molecule has 0 unspecified atom stereocenters. The fourth-order valence-electron chi connectivity index (χ4n) is 3.11. The predicted molar refractivity (Wildman–Crippen MR) is 70.6 cm³/mol. The first-order valence-corrected chi connectivity index (χ1v) is 6.85. The highest BCUT2D eigenvalue weighted by Crippen LogP contribution is 2.29. The van der Waals surface area contributed by atoms with Gasteiger partial charge in [-0.2, -0.15) is 0 Å². The van der Waals surface area contributed by atoms with Gasteiger partial charge >= 0.3 is 0 Å². The second-order valence-electron chi connectivity index (χ2n) is 5.57. The van der Waals surface area contributed by atoms with Crippen molar-refractivity contribution in [2.45, 2.75) is 44.8 Å². The summed E-state index contributed by atoms with van der Waals surface area (Å²) in [6.45, 7) is 1.58.